The van der Waals surface area contributed by atoms with E-state index in [9.17, 15) is 14.7 Å². The third-order valence-corrected chi connectivity index (χ3v) is 3.23. The maximum atomic E-state index is 11.8. The van der Waals surface area contributed by atoms with Crippen LogP contribution in [-0.2, 0) is 6.54 Å². The van der Waals surface area contributed by atoms with E-state index in [1.165, 1.54) is 4.57 Å². The highest BCUT2D eigenvalue weighted by molar-refractivity contribution is 5.60. The van der Waals surface area contributed by atoms with Crippen molar-refractivity contribution in [3.63, 3.8) is 0 Å². The molecule has 0 aliphatic rings. The standard InChI is InChI=1S/C13H24N4O3/c1-4-5-6-17-11(14)10(12(19)16-13(17)20)15-7-9(18)8(2)3/h8-9,15,18H,4-7,14H2,1-3H3,(H,16,19,20). The highest BCUT2D eigenvalue weighted by Crippen LogP contribution is 2.12. The van der Waals surface area contributed by atoms with Crippen LogP contribution in [0.2, 0.25) is 0 Å². The molecule has 1 unspecified atom stereocenters. The van der Waals surface area contributed by atoms with Crippen molar-refractivity contribution in [1.29, 1.82) is 0 Å². The van der Waals surface area contributed by atoms with E-state index >= 15 is 0 Å². The molecule has 5 N–H and O–H groups in total. The smallest absolute Gasteiger partial charge is 0.330 e. The Bertz CT molecular complexity index is 548. The van der Waals surface area contributed by atoms with Crippen molar-refractivity contribution >= 4 is 11.5 Å². The molecule has 7 heteroatoms. The number of nitrogens with two attached hydrogens (primary N) is 1. The van der Waals surface area contributed by atoms with Crippen LogP contribution in [0.25, 0.3) is 0 Å². The molecule has 0 aliphatic carbocycles. The van der Waals surface area contributed by atoms with Crippen LogP contribution in [0.15, 0.2) is 9.59 Å². The lowest BCUT2D eigenvalue weighted by Gasteiger charge is -2.17. The summed E-state index contributed by atoms with van der Waals surface area (Å²) in [6.45, 7) is 6.42. The second-order valence-electron chi connectivity index (χ2n) is 5.22. The third-order valence-electron chi connectivity index (χ3n) is 3.23. The zero-order chi connectivity index (χ0) is 15.3. The summed E-state index contributed by atoms with van der Waals surface area (Å²) in [6, 6.07) is 0. The Balaban J connectivity index is 3.01. The molecule has 0 saturated heterocycles. The average Bonchev–Trinajstić information content (AvgIpc) is 2.37. The number of aromatic amines is 1. The molecule has 0 radical (unpaired) electrons. The van der Waals surface area contributed by atoms with E-state index in [2.05, 4.69) is 10.3 Å². The highest BCUT2D eigenvalue weighted by Gasteiger charge is 2.14. The second kappa shape index (κ2) is 7.14. The average molecular weight is 284 g/mol. The van der Waals surface area contributed by atoms with E-state index in [0.717, 1.165) is 12.8 Å². The second-order valence-corrected chi connectivity index (χ2v) is 5.22. The highest BCUT2D eigenvalue weighted by atomic mass is 16.3. The first-order chi connectivity index (χ1) is 9.38. The minimum absolute atomic E-state index is 0.0637. The van der Waals surface area contributed by atoms with Crippen molar-refractivity contribution in [1.82, 2.24) is 9.55 Å². The van der Waals surface area contributed by atoms with Crippen molar-refractivity contribution in [3.8, 4) is 0 Å². The van der Waals surface area contributed by atoms with Gasteiger partial charge < -0.3 is 16.2 Å². The molecule has 1 aromatic heterocycles. The quantitative estimate of drug-likeness (QED) is 0.577. The van der Waals surface area contributed by atoms with Crippen LogP contribution in [-0.4, -0.2) is 27.3 Å². The van der Waals surface area contributed by atoms with Gasteiger partial charge >= 0.3 is 5.69 Å². The van der Waals surface area contributed by atoms with E-state index < -0.39 is 17.4 Å². The van der Waals surface area contributed by atoms with E-state index in [4.69, 9.17) is 5.73 Å². The number of H-pyrrole nitrogens is 1. The Morgan fingerprint density at radius 3 is 2.60 bits per heavy atom. The Morgan fingerprint density at radius 1 is 1.40 bits per heavy atom. The summed E-state index contributed by atoms with van der Waals surface area (Å²) in [7, 11) is 0. The Labute approximate surface area is 117 Å². The number of aliphatic hydroxyl groups excluding tert-OH is 1. The van der Waals surface area contributed by atoms with Crippen LogP contribution in [0.1, 0.15) is 33.6 Å². The normalized spacial score (nSPS) is 12.7. The summed E-state index contributed by atoms with van der Waals surface area (Å²) in [5.74, 6) is 0.178. The number of nitrogen functional groups attached to an aromatic ring is 1. The molecule has 114 valence electrons. The Morgan fingerprint density at radius 2 is 2.05 bits per heavy atom. The molecular weight excluding hydrogens is 260 g/mol. The van der Waals surface area contributed by atoms with Gasteiger partial charge in [-0.25, -0.2) is 4.79 Å². The summed E-state index contributed by atoms with van der Waals surface area (Å²) in [5.41, 5.74) is 4.96. The molecule has 1 rings (SSSR count). The van der Waals surface area contributed by atoms with Crippen molar-refractivity contribution in [2.75, 3.05) is 17.6 Å². The lowest BCUT2D eigenvalue weighted by Crippen LogP contribution is -2.35. The molecule has 1 aromatic rings. The van der Waals surface area contributed by atoms with Gasteiger partial charge in [-0.3, -0.25) is 14.3 Å². The van der Waals surface area contributed by atoms with Gasteiger partial charge in [-0.1, -0.05) is 27.2 Å². The number of anilines is 2. The van der Waals surface area contributed by atoms with Crippen LogP contribution in [0.3, 0.4) is 0 Å². The fraction of sp³-hybridized carbons (Fsp3) is 0.692. The molecular formula is C13H24N4O3. The fourth-order valence-corrected chi connectivity index (χ4v) is 1.74. The molecule has 0 aromatic carbocycles. The number of unbranched alkanes of at least 4 members (excludes halogenated alkanes) is 1. The molecule has 1 atom stereocenters. The molecule has 0 aliphatic heterocycles. The van der Waals surface area contributed by atoms with Crippen LogP contribution in [0.4, 0.5) is 11.5 Å². The summed E-state index contributed by atoms with van der Waals surface area (Å²) >= 11 is 0. The van der Waals surface area contributed by atoms with Gasteiger partial charge in [0.25, 0.3) is 5.56 Å². The number of rotatable bonds is 7. The zero-order valence-electron chi connectivity index (χ0n) is 12.3. The minimum atomic E-state index is -0.593. The van der Waals surface area contributed by atoms with Gasteiger partial charge in [-0.15, -0.1) is 0 Å². The fourth-order valence-electron chi connectivity index (χ4n) is 1.74. The molecule has 0 spiro atoms. The van der Waals surface area contributed by atoms with Gasteiger partial charge in [0.2, 0.25) is 0 Å². The molecule has 0 bridgehead atoms. The Hall–Kier alpha value is -1.76. The first-order valence-electron chi connectivity index (χ1n) is 6.93. The number of nitrogens with one attached hydrogen (secondary N) is 2. The number of hydrogen-bond donors (Lipinski definition) is 4. The maximum Gasteiger partial charge on any atom is 0.330 e. The lowest BCUT2D eigenvalue weighted by molar-refractivity contribution is 0.138. The van der Waals surface area contributed by atoms with Gasteiger partial charge in [0.05, 0.1) is 6.10 Å². The van der Waals surface area contributed by atoms with Crippen LogP contribution < -0.4 is 22.3 Å². The summed E-state index contributed by atoms with van der Waals surface area (Å²) < 4.78 is 1.34. The first kappa shape index (κ1) is 16.3. The van der Waals surface area contributed by atoms with Gasteiger partial charge in [-0.05, 0) is 12.3 Å². The van der Waals surface area contributed by atoms with Crippen LogP contribution >= 0.6 is 0 Å². The molecule has 20 heavy (non-hydrogen) atoms. The maximum absolute atomic E-state index is 11.8. The molecule has 7 nitrogen and oxygen atoms in total. The van der Waals surface area contributed by atoms with E-state index in [1.54, 1.807) is 0 Å². The number of hydrogen-bond acceptors (Lipinski definition) is 5. The lowest BCUT2D eigenvalue weighted by atomic mass is 10.1. The summed E-state index contributed by atoms with van der Waals surface area (Å²) in [4.78, 5) is 25.7. The molecule has 1 heterocycles. The van der Waals surface area contributed by atoms with E-state index in [0.29, 0.717) is 6.54 Å². The summed E-state index contributed by atoms with van der Waals surface area (Å²) in [5, 5.41) is 12.6. The summed E-state index contributed by atoms with van der Waals surface area (Å²) in [6.07, 6.45) is 1.12. The van der Waals surface area contributed by atoms with Crippen molar-refractivity contribution in [2.45, 2.75) is 46.3 Å². The van der Waals surface area contributed by atoms with Gasteiger partial charge in [-0.2, -0.15) is 0 Å². The van der Waals surface area contributed by atoms with Gasteiger partial charge in [0, 0.05) is 13.1 Å². The molecule has 0 amide bonds. The van der Waals surface area contributed by atoms with E-state index in [1.807, 2.05) is 20.8 Å². The number of nitrogens with zero attached hydrogens (tertiary/aromatic N) is 1. The number of aliphatic hydroxyl groups is 1. The van der Waals surface area contributed by atoms with Crippen LogP contribution in [0, 0.1) is 5.92 Å². The zero-order valence-corrected chi connectivity index (χ0v) is 12.3. The SMILES string of the molecule is CCCCn1c(N)c(NCC(O)C(C)C)c(=O)[nH]c1=O. The largest absolute Gasteiger partial charge is 0.391 e. The first-order valence-corrected chi connectivity index (χ1v) is 6.93. The van der Waals surface area contributed by atoms with E-state index in [-0.39, 0.29) is 24.0 Å². The molecule has 0 fully saturated rings. The van der Waals surface area contributed by atoms with Gasteiger partial charge in [0.15, 0.2) is 0 Å². The monoisotopic (exact) mass is 284 g/mol. The van der Waals surface area contributed by atoms with Crippen molar-refractivity contribution in [3.05, 3.63) is 20.8 Å². The van der Waals surface area contributed by atoms with Crippen molar-refractivity contribution in [2.24, 2.45) is 5.92 Å². The predicted molar refractivity (Wildman–Crippen MR) is 80.0 cm³/mol. The topological polar surface area (TPSA) is 113 Å². The predicted octanol–water partition coefficient (Wildman–Crippen LogP) is 0.348. The third kappa shape index (κ3) is 3.86. The minimum Gasteiger partial charge on any atom is -0.391 e. The van der Waals surface area contributed by atoms with Gasteiger partial charge in [0.1, 0.15) is 11.5 Å². The molecule has 0 saturated carbocycles. The number of aromatic nitrogens is 2. The van der Waals surface area contributed by atoms with Crippen molar-refractivity contribution < 1.29 is 5.11 Å². The van der Waals surface area contributed by atoms with Crippen LogP contribution in [0.5, 0.6) is 0 Å². The Kier molecular flexibility index (Phi) is 5.82.